The molecule has 1 N–H and O–H groups in total. The smallest absolute Gasteiger partial charge is 0.177 e. The quantitative estimate of drug-likeness (QED) is 0.883. The van der Waals surface area contributed by atoms with E-state index in [0.717, 1.165) is 23.5 Å². The van der Waals surface area contributed by atoms with Crippen LogP contribution in [-0.2, 0) is 6.54 Å². The van der Waals surface area contributed by atoms with Crippen LogP contribution in [0, 0.1) is 0 Å². The lowest BCUT2D eigenvalue weighted by Crippen LogP contribution is -2.11. The van der Waals surface area contributed by atoms with E-state index in [-0.39, 0.29) is 0 Å². The van der Waals surface area contributed by atoms with Gasteiger partial charge in [0.25, 0.3) is 0 Å². The number of halogens is 1. The average Bonchev–Trinajstić information content (AvgIpc) is 2.43. The topological polar surface area (TPSA) is 29.9 Å². The van der Waals surface area contributed by atoms with Gasteiger partial charge in [-0.15, -0.1) is 0 Å². The van der Waals surface area contributed by atoms with Crippen LogP contribution in [0.5, 0.6) is 0 Å². The molecule has 0 fully saturated rings. The molecule has 0 bridgehead atoms. The van der Waals surface area contributed by atoms with Crippen molar-refractivity contribution < 1.29 is 0 Å². The van der Waals surface area contributed by atoms with Crippen LogP contribution in [0.4, 0.5) is 0 Å². The van der Waals surface area contributed by atoms with Crippen LogP contribution in [0.3, 0.4) is 0 Å². The number of nitrogens with zero attached hydrogens (tertiary/aromatic N) is 2. The van der Waals surface area contributed by atoms with Crippen molar-refractivity contribution in [2.75, 3.05) is 6.54 Å². The van der Waals surface area contributed by atoms with E-state index >= 15 is 0 Å². The lowest BCUT2D eigenvalue weighted by Gasteiger charge is -2.06. The van der Waals surface area contributed by atoms with Crippen LogP contribution in [0.25, 0.3) is 0 Å². The Balaban J connectivity index is 2.71. The summed E-state index contributed by atoms with van der Waals surface area (Å²) in [7, 11) is 0. The van der Waals surface area contributed by atoms with Crippen LogP contribution in [0.15, 0.2) is 10.9 Å². The van der Waals surface area contributed by atoms with E-state index in [0.29, 0.717) is 6.04 Å². The summed E-state index contributed by atoms with van der Waals surface area (Å²) in [6.07, 6.45) is 2.08. The third kappa shape index (κ3) is 2.81. The maximum Gasteiger partial charge on any atom is 0.177 e. The zero-order valence-corrected chi connectivity index (χ0v) is 9.93. The second-order valence-corrected chi connectivity index (χ2v) is 3.99. The molecule has 4 heteroatoms. The Morgan fingerprint density at radius 1 is 1.62 bits per heavy atom. The van der Waals surface area contributed by atoms with E-state index in [4.69, 9.17) is 0 Å². The monoisotopic (exact) mass is 245 g/mol. The van der Waals surface area contributed by atoms with Gasteiger partial charge in [0.15, 0.2) is 4.73 Å². The number of hydrogen-bond acceptors (Lipinski definition) is 2. The van der Waals surface area contributed by atoms with Crippen molar-refractivity contribution in [1.82, 2.24) is 14.9 Å². The van der Waals surface area contributed by atoms with Crippen molar-refractivity contribution in [2.24, 2.45) is 0 Å². The largest absolute Gasteiger partial charge is 0.323 e. The highest BCUT2D eigenvalue weighted by molar-refractivity contribution is 9.10. The Morgan fingerprint density at radius 3 is 2.77 bits per heavy atom. The SMILES string of the molecule is CCNCc1cn(C(C)C)c(Br)n1. The highest BCUT2D eigenvalue weighted by Crippen LogP contribution is 2.15. The molecule has 0 aliphatic carbocycles. The van der Waals surface area contributed by atoms with Gasteiger partial charge in [-0.3, -0.25) is 0 Å². The van der Waals surface area contributed by atoms with E-state index in [9.17, 15) is 0 Å². The maximum absolute atomic E-state index is 4.39. The van der Waals surface area contributed by atoms with Crippen LogP contribution in [0.2, 0.25) is 0 Å². The van der Waals surface area contributed by atoms with E-state index in [2.05, 4.69) is 57.8 Å². The first-order chi connectivity index (χ1) is 6.15. The molecule has 13 heavy (non-hydrogen) atoms. The summed E-state index contributed by atoms with van der Waals surface area (Å²) < 4.78 is 3.03. The fourth-order valence-corrected chi connectivity index (χ4v) is 1.86. The van der Waals surface area contributed by atoms with Gasteiger partial charge in [-0.1, -0.05) is 6.92 Å². The molecule has 1 aromatic heterocycles. The fourth-order valence-electron chi connectivity index (χ4n) is 1.12. The van der Waals surface area contributed by atoms with Gasteiger partial charge in [-0.05, 0) is 36.3 Å². The molecule has 1 aromatic rings. The highest BCUT2D eigenvalue weighted by Gasteiger charge is 2.06. The first-order valence-corrected chi connectivity index (χ1v) is 5.38. The predicted octanol–water partition coefficient (Wildman–Crippen LogP) is 2.34. The van der Waals surface area contributed by atoms with Crippen molar-refractivity contribution in [3.8, 4) is 0 Å². The lowest BCUT2D eigenvalue weighted by molar-refractivity contribution is 0.586. The van der Waals surface area contributed by atoms with E-state index in [1.807, 2.05) is 0 Å². The number of imidazole rings is 1. The molecule has 0 atom stereocenters. The molecule has 0 saturated carbocycles. The molecule has 0 unspecified atom stereocenters. The van der Waals surface area contributed by atoms with Gasteiger partial charge < -0.3 is 9.88 Å². The molecule has 74 valence electrons. The van der Waals surface area contributed by atoms with E-state index < -0.39 is 0 Å². The van der Waals surface area contributed by atoms with Gasteiger partial charge >= 0.3 is 0 Å². The van der Waals surface area contributed by atoms with Crippen molar-refractivity contribution in [3.63, 3.8) is 0 Å². The Labute approximate surface area is 87.7 Å². The zero-order valence-electron chi connectivity index (χ0n) is 8.34. The van der Waals surface area contributed by atoms with Gasteiger partial charge in [0, 0.05) is 18.8 Å². The van der Waals surface area contributed by atoms with Gasteiger partial charge in [-0.25, -0.2) is 4.98 Å². The predicted molar refractivity (Wildman–Crippen MR) is 57.7 cm³/mol. The summed E-state index contributed by atoms with van der Waals surface area (Å²) in [5, 5.41) is 3.25. The standard InChI is InChI=1S/C9H16BrN3/c1-4-11-5-8-6-13(7(2)3)9(10)12-8/h6-7,11H,4-5H2,1-3H3. The highest BCUT2D eigenvalue weighted by atomic mass is 79.9. The number of aromatic nitrogens is 2. The number of hydrogen-bond donors (Lipinski definition) is 1. The second-order valence-electron chi connectivity index (χ2n) is 3.28. The molecular weight excluding hydrogens is 230 g/mol. The lowest BCUT2D eigenvalue weighted by atomic mass is 10.4. The molecule has 1 heterocycles. The molecule has 1 rings (SSSR count). The fraction of sp³-hybridized carbons (Fsp3) is 0.667. The molecule has 0 aromatic carbocycles. The average molecular weight is 246 g/mol. The van der Waals surface area contributed by atoms with Crippen LogP contribution >= 0.6 is 15.9 Å². The minimum atomic E-state index is 0.456. The molecule has 0 amide bonds. The van der Waals surface area contributed by atoms with Crippen LogP contribution in [-0.4, -0.2) is 16.1 Å². The number of nitrogens with one attached hydrogen (secondary N) is 1. The third-order valence-electron chi connectivity index (χ3n) is 1.85. The van der Waals surface area contributed by atoms with Gasteiger partial charge in [0.1, 0.15) is 0 Å². The van der Waals surface area contributed by atoms with Crippen molar-refractivity contribution >= 4 is 15.9 Å². The molecule has 0 aliphatic rings. The molecule has 0 radical (unpaired) electrons. The zero-order chi connectivity index (χ0) is 9.84. The molecular formula is C9H16BrN3. The summed E-state index contributed by atoms with van der Waals surface area (Å²) in [5.74, 6) is 0. The molecule has 0 spiro atoms. The second kappa shape index (κ2) is 4.77. The summed E-state index contributed by atoms with van der Waals surface area (Å²) in [4.78, 5) is 4.39. The Hall–Kier alpha value is -0.350. The summed E-state index contributed by atoms with van der Waals surface area (Å²) in [5.41, 5.74) is 1.09. The Morgan fingerprint density at radius 2 is 2.31 bits per heavy atom. The van der Waals surface area contributed by atoms with Gasteiger partial charge in [-0.2, -0.15) is 0 Å². The maximum atomic E-state index is 4.39. The molecule has 3 nitrogen and oxygen atoms in total. The third-order valence-corrected chi connectivity index (χ3v) is 2.44. The van der Waals surface area contributed by atoms with Crippen molar-refractivity contribution in [1.29, 1.82) is 0 Å². The summed E-state index contributed by atoms with van der Waals surface area (Å²) >= 11 is 3.43. The van der Waals surface area contributed by atoms with E-state index in [1.54, 1.807) is 0 Å². The minimum absolute atomic E-state index is 0.456. The first kappa shape index (κ1) is 10.7. The summed E-state index contributed by atoms with van der Waals surface area (Å²) in [6, 6.07) is 0.456. The Bertz CT molecular complexity index is 268. The van der Waals surface area contributed by atoms with Crippen LogP contribution in [0.1, 0.15) is 32.5 Å². The van der Waals surface area contributed by atoms with Crippen molar-refractivity contribution in [3.05, 3.63) is 16.6 Å². The normalized spacial score (nSPS) is 11.2. The minimum Gasteiger partial charge on any atom is -0.323 e. The van der Waals surface area contributed by atoms with Crippen LogP contribution < -0.4 is 5.32 Å². The molecule has 0 aliphatic heterocycles. The first-order valence-electron chi connectivity index (χ1n) is 4.59. The van der Waals surface area contributed by atoms with Gasteiger partial charge in [0.2, 0.25) is 0 Å². The number of rotatable bonds is 4. The Kier molecular flexibility index (Phi) is 3.93. The summed E-state index contributed by atoms with van der Waals surface area (Å²) in [6.45, 7) is 8.20. The van der Waals surface area contributed by atoms with E-state index in [1.165, 1.54) is 0 Å². The van der Waals surface area contributed by atoms with Gasteiger partial charge in [0.05, 0.1) is 5.69 Å². The van der Waals surface area contributed by atoms with Crippen molar-refractivity contribution in [2.45, 2.75) is 33.4 Å². The molecule has 0 saturated heterocycles.